The summed E-state index contributed by atoms with van der Waals surface area (Å²) in [5.74, 6) is 1.81. The Morgan fingerprint density at radius 3 is 2.42 bits per heavy atom. The molecule has 0 saturated carbocycles. The van der Waals surface area contributed by atoms with Crippen molar-refractivity contribution in [3.8, 4) is 11.5 Å². The van der Waals surface area contributed by atoms with Gasteiger partial charge in [0.15, 0.2) is 0 Å². The molecule has 138 valence electrons. The van der Waals surface area contributed by atoms with E-state index < -0.39 is 0 Å². The predicted octanol–water partition coefficient (Wildman–Crippen LogP) is 3.83. The number of nitrogens with one attached hydrogen (secondary N) is 1. The summed E-state index contributed by atoms with van der Waals surface area (Å²) in [4.78, 5) is 12.0. The van der Waals surface area contributed by atoms with Gasteiger partial charge < -0.3 is 9.47 Å². The SMILES string of the molecule is COc1ccc(CC(=O)NN=Cc2cc(C(C)C)c(OC)cc2C)cc1. The molecule has 0 aromatic heterocycles. The quantitative estimate of drug-likeness (QED) is 0.607. The van der Waals surface area contributed by atoms with Gasteiger partial charge >= 0.3 is 0 Å². The first-order valence-electron chi connectivity index (χ1n) is 8.58. The van der Waals surface area contributed by atoms with E-state index in [2.05, 4.69) is 30.4 Å². The Morgan fingerprint density at radius 1 is 1.15 bits per heavy atom. The van der Waals surface area contributed by atoms with E-state index in [-0.39, 0.29) is 12.3 Å². The second-order valence-electron chi connectivity index (χ2n) is 6.42. The standard InChI is InChI=1S/C21H26N2O3/c1-14(2)19-12-17(15(3)10-20(19)26-5)13-22-23-21(24)11-16-6-8-18(25-4)9-7-16/h6-10,12-14H,11H2,1-5H3,(H,23,24). The van der Waals surface area contributed by atoms with Crippen molar-refractivity contribution in [2.24, 2.45) is 5.10 Å². The molecule has 1 N–H and O–H groups in total. The van der Waals surface area contributed by atoms with Crippen LogP contribution in [-0.2, 0) is 11.2 Å². The molecule has 0 bridgehead atoms. The number of rotatable bonds is 7. The molecule has 0 aliphatic rings. The van der Waals surface area contributed by atoms with Gasteiger partial charge in [0.05, 0.1) is 26.9 Å². The molecule has 2 aromatic rings. The summed E-state index contributed by atoms with van der Waals surface area (Å²) in [7, 11) is 3.29. The molecule has 0 saturated heterocycles. The van der Waals surface area contributed by atoms with E-state index in [4.69, 9.17) is 9.47 Å². The number of benzene rings is 2. The van der Waals surface area contributed by atoms with Crippen LogP contribution in [0.1, 0.15) is 42.0 Å². The van der Waals surface area contributed by atoms with E-state index in [0.29, 0.717) is 5.92 Å². The first kappa shape index (κ1) is 19.5. The molecule has 0 aliphatic carbocycles. The lowest BCUT2D eigenvalue weighted by molar-refractivity contribution is -0.120. The molecule has 1 amide bonds. The van der Waals surface area contributed by atoms with Crippen LogP contribution in [0.5, 0.6) is 11.5 Å². The fraction of sp³-hybridized carbons (Fsp3) is 0.333. The smallest absolute Gasteiger partial charge is 0.244 e. The average Bonchev–Trinajstić information content (AvgIpc) is 2.63. The second kappa shape index (κ2) is 9.04. The number of hydrogen-bond acceptors (Lipinski definition) is 4. The van der Waals surface area contributed by atoms with E-state index in [1.54, 1.807) is 20.4 Å². The third-order valence-electron chi connectivity index (χ3n) is 4.16. The van der Waals surface area contributed by atoms with Gasteiger partial charge in [-0.15, -0.1) is 0 Å². The highest BCUT2D eigenvalue weighted by Crippen LogP contribution is 2.29. The Bertz CT molecular complexity index is 781. The van der Waals surface area contributed by atoms with Crippen LogP contribution in [0.4, 0.5) is 0 Å². The average molecular weight is 354 g/mol. The number of carbonyl (C=O) groups is 1. The molecular formula is C21H26N2O3. The summed E-state index contributed by atoms with van der Waals surface area (Å²) in [6.07, 6.45) is 1.94. The predicted molar refractivity (Wildman–Crippen MR) is 104 cm³/mol. The molecule has 0 atom stereocenters. The van der Waals surface area contributed by atoms with Crippen LogP contribution in [-0.4, -0.2) is 26.3 Å². The number of methoxy groups -OCH3 is 2. The molecule has 0 aliphatic heterocycles. The maximum absolute atomic E-state index is 12.0. The van der Waals surface area contributed by atoms with Gasteiger partial charge in [0.1, 0.15) is 11.5 Å². The highest BCUT2D eigenvalue weighted by atomic mass is 16.5. The van der Waals surface area contributed by atoms with Gasteiger partial charge in [-0.25, -0.2) is 5.43 Å². The van der Waals surface area contributed by atoms with E-state index in [9.17, 15) is 4.79 Å². The number of amides is 1. The summed E-state index contributed by atoms with van der Waals surface area (Å²) < 4.78 is 10.6. The van der Waals surface area contributed by atoms with E-state index in [0.717, 1.165) is 33.8 Å². The second-order valence-corrected chi connectivity index (χ2v) is 6.42. The third-order valence-corrected chi connectivity index (χ3v) is 4.16. The van der Waals surface area contributed by atoms with Crippen LogP contribution < -0.4 is 14.9 Å². The first-order chi connectivity index (χ1) is 12.4. The van der Waals surface area contributed by atoms with Crippen LogP contribution in [0, 0.1) is 6.92 Å². The van der Waals surface area contributed by atoms with E-state index >= 15 is 0 Å². The highest BCUT2D eigenvalue weighted by molar-refractivity contribution is 5.85. The van der Waals surface area contributed by atoms with Gasteiger partial charge in [-0.1, -0.05) is 26.0 Å². The van der Waals surface area contributed by atoms with Gasteiger partial charge in [0.2, 0.25) is 5.91 Å². The largest absolute Gasteiger partial charge is 0.497 e. The van der Waals surface area contributed by atoms with Crippen LogP contribution in [0.25, 0.3) is 0 Å². The van der Waals surface area contributed by atoms with Crippen molar-refractivity contribution in [3.63, 3.8) is 0 Å². The van der Waals surface area contributed by atoms with Crippen molar-refractivity contribution in [2.45, 2.75) is 33.1 Å². The van der Waals surface area contributed by atoms with Crippen molar-refractivity contribution >= 4 is 12.1 Å². The highest BCUT2D eigenvalue weighted by Gasteiger charge is 2.10. The monoisotopic (exact) mass is 354 g/mol. The lowest BCUT2D eigenvalue weighted by atomic mass is 9.97. The van der Waals surface area contributed by atoms with Crippen LogP contribution in [0.3, 0.4) is 0 Å². The van der Waals surface area contributed by atoms with Gasteiger partial charge in [-0.2, -0.15) is 5.10 Å². The minimum absolute atomic E-state index is 0.165. The topological polar surface area (TPSA) is 59.9 Å². The zero-order valence-corrected chi connectivity index (χ0v) is 16.0. The summed E-state index contributed by atoms with van der Waals surface area (Å²) in [5, 5.41) is 4.10. The number of ether oxygens (including phenoxy) is 2. The Morgan fingerprint density at radius 2 is 1.85 bits per heavy atom. The lowest BCUT2D eigenvalue weighted by Crippen LogP contribution is -2.19. The zero-order chi connectivity index (χ0) is 19.1. The Hall–Kier alpha value is -2.82. The van der Waals surface area contributed by atoms with Crippen molar-refractivity contribution in [2.75, 3.05) is 14.2 Å². The minimum atomic E-state index is -0.165. The Balaban J connectivity index is 2.02. The lowest BCUT2D eigenvalue weighted by Gasteiger charge is -2.14. The molecule has 0 unspecified atom stereocenters. The van der Waals surface area contributed by atoms with E-state index in [1.807, 2.05) is 37.3 Å². The van der Waals surface area contributed by atoms with Crippen molar-refractivity contribution < 1.29 is 14.3 Å². The zero-order valence-electron chi connectivity index (χ0n) is 16.0. The first-order valence-corrected chi connectivity index (χ1v) is 8.58. The summed E-state index contributed by atoms with van der Waals surface area (Å²) in [5.41, 5.74) is 6.60. The van der Waals surface area contributed by atoms with E-state index in [1.165, 1.54) is 0 Å². The number of carbonyl (C=O) groups excluding carboxylic acids is 1. The maximum atomic E-state index is 12.0. The molecule has 26 heavy (non-hydrogen) atoms. The van der Waals surface area contributed by atoms with Gasteiger partial charge in [-0.3, -0.25) is 4.79 Å². The molecule has 0 spiro atoms. The summed E-state index contributed by atoms with van der Waals surface area (Å²) in [6.45, 7) is 6.22. The molecule has 0 radical (unpaired) electrons. The van der Waals surface area contributed by atoms with Gasteiger partial charge in [-0.05, 0) is 59.4 Å². The molecule has 5 nitrogen and oxygen atoms in total. The van der Waals surface area contributed by atoms with Crippen LogP contribution in [0.15, 0.2) is 41.5 Å². The summed E-state index contributed by atoms with van der Waals surface area (Å²) >= 11 is 0. The normalized spacial score (nSPS) is 11.0. The fourth-order valence-electron chi connectivity index (χ4n) is 2.62. The fourth-order valence-corrected chi connectivity index (χ4v) is 2.62. The molecule has 0 heterocycles. The minimum Gasteiger partial charge on any atom is -0.497 e. The molecule has 2 rings (SSSR count). The van der Waals surface area contributed by atoms with Gasteiger partial charge in [0, 0.05) is 0 Å². The number of hydrogen-bond donors (Lipinski definition) is 1. The Kier molecular flexibility index (Phi) is 6.78. The van der Waals surface area contributed by atoms with Gasteiger partial charge in [0.25, 0.3) is 0 Å². The number of nitrogens with zero attached hydrogens (tertiary/aromatic N) is 1. The summed E-state index contributed by atoms with van der Waals surface area (Å²) in [6, 6.07) is 11.4. The molecule has 2 aromatic carbocycles. The number of hydrazone groups is 1. The Labute approximate surface area is 155 Å². The van der Waals surface area contributed by atoms with Crippen molar-refractivity contribution in [1.29, 1.82) is 0 Å². The third kappa shape index (κ3) is 5.09. The number of aryl methyl sites for hydroxylation is 1. The van der Waals surface area contributed by atoms with Crippen molar-refractivity contribution in [1.82, 2.24) is 5.43 Å². The molecular weight excluding hydrogens is 328 g/mol. The molecule has 5 heteroatoms. The molecule has 0 fully saturated rings. The van der Waals surface area contributed by atoms with Crippen LogP contribution >= 0.6 is 0 Å². The van der Waals surface area contributed by atoms with Crippen LogP contribution in [0.2, 0.25) is 0 Å². The maximum Gasteiger partial charge on any atom is 0.244 e. The van der Waals surface area contributed by atoms with Crippen molar-refractivity contribution in [3.05, 3.63) is 58.7 Å².